The van der Waals surface area contributed by atoms with Crippen LogP contribution in [-0.4, -0.2) is 25.6 Å². The van der Waals surface area contributed by atoms with Gasteiger partial charge >= 0.3 is 10.2 Å². The average molecular weight is 573 g/mol. The number of hydrogen-bond acceptors (Lipinski definition) is 4. The van der Waals surface area contributed by atoms with E-state index < -0.39 is 30.2 Å². The van der Waals surface area contributed by atoms with Crippen molar-refractivity contribution >= 4 is 31.7 Å². The van der Waals surface area contributed by atoms with Gasteiger partial charge in [-0.25, -0.2) is 8.42 Å². The Morgan fingerprint density at radius 2 is 1.39 bits per heavy atom. The summed E-state index contributed by atoms with van der Waals surface area (Å²) in [6, 6.07) is 14.6. The monoisotopic (exact) mass is 572 g/mol. The second-order valence-corrected chi connectivity index (χ2v) is 14.4. The molecule has 38 heavy (non-hydrogen) atoms. The average Bonchev–Trinajstić information content (AvgIpc) is 3.23. The number of benzene rings is 3. The normalized spacial score (nSPS) is 21.7. The van der Waals surface area contributed by atoms with Crippen LogP contribution in [0.3, 0.4) is 0 Å². The maximum atomic E-state index is 13.2. The van der Waals surface area contributed by atoms with Crippen molar-refractivity contribution in [2.75, 3.05) is 5.32 Å². The van der Waals surface area contributed by atoms with E-state index in [2.05, 4.69) is 10.6 Å². The Labute approximate surface area is 217 Å². The van der Waals surface area contributed by atoms with Crippen LogP contribution in [0.15, 0.2) is 76.5 Å². The number of fused-ring (bicyclic) bond motifs is 1. The molecule has 0 spiro atoms. The lowest BCUT2D eigenvalue weighted by Gasteiger charge is -2.40. The molecule has 1 aliphatic carbocycles. The number of nitrogens with one attached hydrogen (secondary N) is 2. The zero-order valence-corrected chi connectivity index (χ0v) is 21.6. The van der Waals surface area contributed by atoms with Crippen LogP contribution in [0.2, 0.25) is 0 Å². The third kappa shape index (κ3) is 5.37. The molecule has 2 N–H and O–H groups in total. The van der Waals surface area contributed by atoms with Crippen LogP contribution in [0.25, 0.3) is 11.1 Å². The molecule has 1 heterocycles. The predicted octanol–water partition coefficient (Wildman–Crippen LogP) is 7.45. The molecule has 0 atom stereocenters. The van der Waals surface area contributed by atoms with Gasteiger partial charge in [-0.15, -0.1) is 0 Å². The minimum atomic E-state index is -9.72. The first kappa shape index (κ1) is 26.5. The van der Waals surface area contributed by atoms with Crippen LogP contribution >= 0.6 is 10.2 Å². The van der Waals surface area contributed by atoms with Crippen molar-refractivity contribution in [3.8, 4) is 11.1 Å². The summed E-state index contributed by atoms with van der Waals surface area (Å²) in [4.78, 5) is 10.0. The SMILES string of the molecule is O=C1NCc2cc(-c3ccc(S(=O)(=O)C4CCC(Nc5ccc(S(F)(F)(F)(F)F)cc5)CC4)cc3)ccc21. The Morgan fingerprint density at radius 1 is 0.789 bits per heavy atom. The van der Waals surface area contributed by atoms with Crippen LogP contribution in [0.4, 0.5) is 25.1 Å². The van der Waals surface area contributed by atoms with E-state index in [1.165, 1.54) is 0 Å². The standard InChI is InChI=1S/C26H25F5N2O3S2/c27-38(28,29,30,31)24-12-6-21(7-13-24)33-20-4-10-23(11-5-20)37(35,36)22-8-1-17(2-9-22)18-3-14-25-19(15-18)16-32-26(25)34/h1-3,6-9,12-15,20,23,33H,4-5,10-11,16H2,(H,32,34). The highest BCUT2D eigenvalue weighted by molar-refractivity contribution is 8.45. The summed E-state index contributed by atoms with van der Waals surface area (Å²) in [5.41, 5.74) is 3.51. The number of sulfone groups is 1. The molecule has 0 aromatic heterocycles. The molecule has 12 heteroatoms. The first-order valence-electron chi connectivity index (χ1n) is 12.0. The maximum Gasteiger partial charge on any atom is 0.310 e. The van der Waals surface area contributed by atoms with Gasteiger partial charge in [0, 0.05) is 23.8 Å². The number of amides is 1. The fraction of sp³-hybridized carbons (Fsp3) is 0.269. The minimum Gasteiger partial charge on any atom is -0.382 e. The van der Waals surface area contributed by atoms with Gasteiger partial charge in [0.1, 0.15) is 4.90 Å². The predicted molar refractivity (Wildman–Crippen MR) is 138 cm³/mol. The van der Waals surface area contributed by atoms with E-state index in [0.29, 0.717) is 49.9 Å². The quantitative estimate of drug-likeness (QED) is 0.301. The molecular weight excluding hydrogens is 547 g/mol. The zero-order chi connectivity index (χ0) is 27.4. The number of rotatable bonds is 6. The van der Waals surface area contributed by atoms with Gasteiger partial charge < -0.3 is 10.6 Å². The molecule has 0 bridgehead atoms. The van der Waals surface area contributed by atoms with Gasteiger partial charge in [-0.3, -0.25) is 4.79 Å². The maximum absolute atomic E-state index is 13.2. The van der Waals surface area contributed by atoms with Crippen molar-refractivity contribution in [1.29, 1.82) is 0 Å². The highest BCUT2D eigenvalue weighted by Crippen LogP contribution is 3.02. The van der Waals surface area contributed by atoms with E-state index in [1.807, 2.05) is 12.1 Å². The molecule has 5 nitrogen and oxygen atoms in total. The van der Waals surface area contributed by atoms with Crippen LogP contribution in [-0.2, 0) is 16.4 Å². The molecule has 1 aliphatic heterocycles. The van der Waals surface area contributed by atoms with E-state index in [1.54, 1.807) is 30.3 Å². The molecule has 3 aromatic carbocycles. The van der Waals surface area contributed by atoms with Crippen molar-refractivity contribution in [3.63, 3.8) is 0 Å². The fourth-order valence-corrected chi connectivity index (χ4v) is 7.45. The molecule has 5 rings (SSSR count). The minimum absolute atomic E-state index is 0.108. The Bertz CT molecular complexity index is 1500. The summed E-state index contributed by atoms with van der Waals surface area (Å²) in [6.45, 7) is 0.460. The van der Waals surface area contributed by atoms with E-state index in [9.17, 15) is 32.6 Å². The molecule has 1 saturated carbocycles. The van der Waals surface area contributed by atoms with E-state index in [4.69, 9.17) is 0 Å². The lowest BCUT2D eigenvalue weighted by molar-refractivity contribution is 0.0965. The Kier molecular flexibility index (Phi) is 5.88. The van der Waals surface area contributed by atoms with Gasteiger partial charge in [0.25, 0.3) is 5.91 Å². The summed E-state index contributed by atoms with van der Waals surface area (Å²) < 4.78 is 91.0. The molecular formula is C26H25F5N2O3S2. The molecule has 2 aliphatic rings. The van der Waals surface area contributed by atoms with Crippen molar-refractivity contribution in [2.24, 2.45) is 0 Å². The van der Waals surface area contributed by atoms with Crippen LogP contribution in [0.5, 0.6) is 0 Å². The molecule has 3 aromatic rings. The summed E-state index contributed by atoms with van der Waals surface area (Å²) in [7, 11) is -13.3. The Morgan fingerprint density at radius 3 is 2.00 bits per heavy atom. The molecule has 204 valence electrons. The van der Waals surface area contributed by atoms with E-state index in [0.717, 1.165) is 28.8 Å². The number of carbonyl (C=O) groups excluding carboxylic acids is 1. The summed E-state index contributed by atoms with van der Waals surface area (Å²) >= 11 is 0. The van der Waals surface area contributed by atoms with Crippen molar-refractivity contribution in [1.82, 2.24) is 5.32 Å². The van der Waals surface area contributed by atoms with Gasteiger partial charge in [0.05, 0.1) is 10.1 Å². The summed E-state index contributed by atoms with van der Waals surface area (Å²) in [5, 5.41) is 5.19. The number of halogens is 5. The smallest absolute Gasteiger partial charge is 0.310 e. The van der Waals surface area contributed by atoms with Gasteiger partial charge in [-0.2, -0.15) is 0 Å². The van der Waals surface area contributed by atoms with Crippen molar-refractivity contribution in [3.05, 3.63) is 77.9 Å². The highest BCUT2D eigenvalue weighted by atomic mass is 32.5. The first-order chi connectivity index (χ1) is 17.6. The molecule has 0 radical (unpaired) electrons. The third-order valence-corrected chi connectivity index (χ3v) is 10.5. The lowest BCUT2D eigenvalue weighted by atomic mass is 9.95. The number of carbonyl (C=O) groups is 1. The molecule has 0 saturated heterocycles. The second-order valence-electron chi connectivity index (χ2n) is 9.74. The molecule has 1 fully saturated rings. The summed E-state index contributed by atoms with van der Waals surface area (Å²) in [5.74, 6) is -0.108. The molecule has 1 amide bonds. The third-order valence-electron chi connectivity index (χ3n) is 7.09. The number of hydrogen-bond donors (Lipinski definition) is 2. The Hall–Kier alpha value is -3.12. The van der Waals surface area contributed by atoms with Crippen molar-refractivity contribution in [2.45, 2.75) is 53.3 Å². The van der Waals surface area contributed by atoms with Crippen LogP contribution in [0.1, 0.15) is 41.6 Å². The first-order valence-corrected chi connectivity index (χ1v) is 15.5. The van der Waals surface area contributed by atoms with E-state index >= 15 is 0 Å². The lowest BCUT2D eigenvalue weighted by Crippen LogP contribution is -2.32. The highest BCUT2D eigenvalue weighted by Gasteiger charge is 2.65. The van der Waals surface area contributed by atoms with Gasteiger partial charge in [0.2, 0.25) is 0 Å². The van der Waals surface area contributed by atoms with E-state index in [-0.39, 0.29) is 22.5 Å². The fourth-order valence-electron chi connectivity index (χ4n) is 5.00. The zero-order valence-electron chi connectivity index (χ0n) is 20.0. The Balaban J connectivity index is 1.21. The van der Waals surface area contributed by atoms with Gasteiger partial charge in [0.15, 0.2) is 9.84 Å². The second kappa shape index (κ2) is 8.44. The summed E-state index contributed by atoms with van der Waals surface area (Å²) in [6.07, 6.45) is 1.65. The molecule has 0 unspecified atom stereocenters. The topological polar surface area (TPSA) is 75.3 Å². The van der Waals surface area contributed by atoms with Gasteiger partial charge in [-0.1, -0.05) is 37.6 Å². The largest absolute Gasteiger partial charge is 0.382 e. The number of anilines is 1. The van der Waals surface area contributed by atoms with Crippen LogP contribution in [0, 0.1) is 0 Å². The van der Waals surface area contributed by atoms with Crippen molar-refractivity contribution < 1.29 is 32.6 Å². The van der Waals surface area contributed by atoms with Crippen LogP contribution < -0.4 is 10.6 Å². The van der Waals surface area contributed by atoms with Gasteiger partial charge in [-0.05, 0) is 90.9 Å².